The Morgan fingerprint density at radius 2 is 2.25 bits per heavy atom. The van der Waals surface area contributed by atoms with E-state index in [-0.39, 0.29) is 18.0 Å². The minimum Gasteiger partial charge on any atom is -0.373 e. The van der Waals surface area contributed by atoms with Crippen LogP contribution in [-0.2, 0) is 4.74 Å². The predicted molar refractivity (Wildman–Crippen MR) is 75.4 cm³/mol. The van der Waals surface area contributed by atoms with E-state index in [9.17, 15) is 4.39 Å². The summed E-state index contributed by atoms with van der Waals surface area (Å²) in [5.74, 6) is 0.759. The van der Waals surface area contributed by atoms with Crippen LogP contribution in [0.5, 0.6) is 0 Å². The number of nitrogens with one attached hydrogen (secondary N) is 1. The summed E-state index contributed by atoms with van der Waals surface area (Å²) in [6.45, 7) is 3.04. The summed E-state index contributed by atoms with van der Waals surface area (Å²) in [6, 6.07) is 5.05. The van der Waals surface area contributed by atoms with Gasteiger partial charge in [0.1, 0.15) is 11.6 Å². The van der Waals surface area contributed by atoms with E-state index in [0.29, 0.717) is 11.6 Å². The summed E-state index contributed by atoms with van der Waals surface area (Å²) in [4.78, 5) is 0. The predicted octanol–water partition coefficient (Wildman–Crippen LogP) is 3.10. The standard InChI is InChI=1S/C15H18FN3O/c1-9-2-5-14(20-9)13-6-7-17-15-11-4-3-10(16)8-12(11)18-19(13)15/h3-4,8-9,13-14,17H,2,5-7H2,1H3. The zero-order chi connectivity index (χ0) is 13.7. The number of hydrogen-bond donors (Lipinski definition) is 1. The highest BCUT2D eigenvalue weighted by Crippen LogP contribution is 2.37. The van der Waals surface area contributed by atoms with E-state index < -0.39 is 0 Å². The molecule has 0 bridgehead atoms. The summed E-state index contributed by atoms with van der Waals surface area (Å²) in [6.07, 6.45) is 3.75. The molecular formula is C15H18FN3O. The van der Waals surface area contributed by atoms with Crippen LogP contribution >= 0.6 is 0 Å². The van der Waals surface area contributed by atoms with E-state index in [0.717, 1.165) is 37.0 Å². The van der Waals surface area contributed by atoms with Crippen molar-refractivity contribution in [3.8, 4) is 0 Å². The zero-order valence-electron chi connectivity index (χ0n) is 11.5. The molecule has 4 rings (SSSR count). The summed E-state index contributed by atoms with van der Waals surface area (Å²) in [5, 5.41) is 8.98. The molecule has 0 radical (unpaired) electrons. The molecule has 3 unspecified atom stereocenters. The summed E-state index contributed by atoms with van der Waals surface area (Å²) < 4.78 is 21.4. The average molecular weight is 275 g/mol. The van der Waals surface area contributed by atoms with Crippen LogP contribution in [0.4, 0.5) is 10.2 Å². The van der Waals surface area contributed by atoms with Gasteiger partial charge in [0.2, 0.25) is 0 Å². The maximum atomic E-state index is 13.4. The zero-order valence-corrected chi connectivity index (χ0v) is 11.5. The van der Waals surface area contributed by atoms with Gasteiger partial charge in [0.15, 0.2) is 0 Å². The van der Waals surface area contributed by atoms with E-state index in [2.05, 4.69) is 17.3 Å². The topological polar surface area (TPSA) is 39.1 Å². The SMILES string of the molecule is CC1CCC(C2CCNc3c4ccc(F)cc4nn32)O1. The van der Waals surface area contributed by atoms with Crippen LogP contribution in [0.1, 0.15) is 32.2 Å². The van der Waals surface area contributed by atoms with Gasteiger partial charge in [0.05, 0.1) is 23.8 Å². The van der Waals surface area contributed by atoms with E-state index >= 15 is 0 Å². The van der Waals surface area contributed by atoms with Gasteiger partial charge in [-0.2, -0.15) is 5.10 Å². The smallest absolute Gasteiger partial charge is 0.132 e. The second kappa shape index (κ2) is 4.45. The van der Waals surface area contributed by atoms with Crippen LogP contribution in [-0.4, -0.2) is 28.5 Å². The van der Waals surface area contributed by atoms with Gasteiger partial charge in [-0.1, -0.05) is 0 Å². The molecule has 1 saturated heterocycles. The maximum Gasteiger partial charge on any atom is 0.132 e. The second-order valence-electron chi connectivity index (χ2n) is 5.80. The monoisotopic (exact) mass is 275 g/mol. The van der Waals surface area contributed by atoms with Crippen LogP contribution in [0.25, 0.3) is 10.9 Å². The van der Waals surface area contributed by atoms with Crippen molar-refractivity contribution in [2.75, 3.05) is 11.9 Å². The molecule has 1 aromatic heterocycles. The minimum absolute atomic E-state index is 0.227. The van der Waals surface area contributed by atoms with Gasteiger partial charge in [-0.05, 0) is 38.3 Å². The molecule has 0 spiro atoms. The maximum absolute atomic E-state index is 13.4. The number of benzene rings is 1. The first-order chi connectivity index (χ1) is 9.72. The van der Waals surface area contributed by atoms with Gasteiger partial charge >= 0.3 is 0 Å². The summed E-state index contributed by atoms with van der Waals surface area (Å²) >= 11 is 0. The van der Waals surface area contributed by atoms with Crippen LogP contribution in [0.3, 0.4) is 0 Å². The Labute approximate surface area is 116 Å². The van der Waals surface area contributed by atoms with Crippen LogP contribution in [0.15, 0.2) is 18.2 Å². The van der Waals surface area contributed by atoms with E-state index in [4.69, 9.17) is 4.74 Å². The molecule has 1 fully saturated rings. The van der Waals surface area contributed by atoms with Crippen molar-refractivity contribution in [2.24, 2.45) is 0 Å². The van der Waals surface area contributed by atoms with Crippen molar-refractivity contribution in [2.45, 2.75) is 44.4 Å². The fourth-order valence-electron chi connectivity index (χ4n) is 3.41. The number of aromatic nitrogens is 2. The highest BCUT2D eigenvalue weighted by molar-refractivity contribution is 5.90. The van der Waals surface area contributed by atoms with Gasteiger partial charge in [0.25, 0.3) is 0 Å². The Bertz CT molecular complexity index is 654. The Hall–Kier alpha value is -1.62. The van der Waals surface area contributed by atoms with Gasteiger partial charge in [-0.3, -0.25) is 0 Å². The fourth-order valence-corrected chi connectivity index (χ4v) is 3.41. The Morgan fingerprint density at radius 3 is 3.05 bits per heavy atom. The van der Waals surface area contributed by atoms with Crippen molar-refractivity contribution >= 4 is 16.7 Å². The Kier molecular flexibility index (Phi) is 2.70. The molecule has 3 heterocycles. The van der Waals surface area contributed by atoms with Gasteiger partial charge in [-0.15, -0.1) is 0 Å². The lowest BCUT2D eigenvalue weighted by Crippen LogP contribution is -2.32. The second-order valence-corrected chi connectivity index (χ2v) is 5.80. The third-order valence-electron chi connectivity index (χ3n) is 4.40. The average Bonchev–Trinajstić information content (AvgIpc) is 3.01. The van der Waals surface area contributed by atoms with Crippen molar-refractivity contribution in [3.63, 3.8) is 0 Å². The largest absolute Gasteiger partial charge is 0.373 e. The molecule has 20 heavy (non-hydrogen) atoms. The molecule has 106 valence electrons. The molecule has 2 aliphatic heterocycles. The minimum atomic E-state index is -0.241. The lowest BCUT2D eigenvalue weighted by molar-refractivity contribution is 0.0175. The molecule has 5 heteroatoms. The number of nitrogens with zero attached hydrogens (tertiary/aromatic N) is 2. The molecule has 2 aliphatic rings. The van der Waals surface area contributed by atoms with Crippen molar-refractivity contribution in [1.82, 2.24) is 9.78 Å². The normalized spacial score (nSPS) is 29.4. The highest BCUT2D eigenvalue weighted by Gasteiger charge is 2.34. The fraction of sp³-hybridized carbons (Fsp3) is 0.533. The van der Waals surface area contributed by atoms with E-state index in [1.54, 1.807) is 6.07 Å². The lowest BCUT2D eigenvalue weighted by Gasteiger charge is -2.30. The number of ether oxygens (including phenoxy) is 1. The lowest BCUT2D eigenvalue weighted by atomic mass is 10.0. The molecular weight excluding hydrogens is 257 g/mol. The quantitative estimate of drug-likeness (QED) is 0.869. The third-order valence-corrected chi connectivity index (χ3v) is 4.40. The first-order valence-corrected chi connectivity index (χ1v) is 7.29. The molecule has 1 N–H and O–H groups in total. The Morgan fingerprint density at radius 1 is 1.35 bits per heavy atom. The van der Waals surface area contributed by atoms with Gasteiger partial charge in [-0.25, -0.2) is 9.07 Å². The molecule has 3 atom stereocenters. The molecule has 1 aromatic carbocycles. The third kappa shape index (κ3) is 1.80. The van der Waals surface area contributed by atoms with Crippen molar-refractivity contribution < 1.29 is 9.13 Å². The molecule has 2 aromatic rings. The van der Waals surface area contributed by atoms with Gasteiger partial charge in [0, 0.05) is 18.0 Å². The van der Waals surface area contributed by atoms with Gasteiger partial charge < -0.3 is 10.1 Å². The molecule has 4 nitrogen and oxygen atoms in total. The number of anilines is 1. The number of fused-ring (bicyclic) bond motifs is 3. The molecule has 0 aliphatic carbocycles. The summed E-state index contributed by atoms with van der Waals surface area (Å²) in [5.41, 5.74) is 0.713. The van der Waals surface area contributed by atoms with E-state index in [1.165, 1.54) is 12.1 Å². The number of hydrogen-bond acceptors (Lipinski definition) is 3. The number of halogens is 1. The van der Waals surface area contributed by atoms with Crippen LogP contribution in [0, 0.1) is 5.82 Å². The van der Waals surface area contributed by atoms with Crippen molar-refractivity contribution in [1.29, 1.82) is 0 Å². The van der Waals surface area contributed by atoms with E-state index in [1.807, 2.05) is 4.68 Å². The Balaban J connectivity index is 1.78. The first-order valence-electron chi connectivity index (χ1n) is 7.29. The van der Waals surface area contributed by atoms with Crippen molar-refractivity contribution in [3.05, 3.63) is 24.0 Å². The molecule has 0 amide bonds. The summed E-state index contributed by atoms with van der Waals surface area (Å²) in [7, 11) is 0. The highest BCUT2D eigenvalue weighted by atomic mass is 19.1. The van der Waals surface area contributed by atoms with Crippen LogP contribution < -0.4 is 5.32 Å². The number of rotatable bonds is 1. The van der Waals surface area contributed by atoms with Crippen LogP contribution in [0.2, 0.25) is 0 Å². The first kappa shape index (κ1) is 12.1. The molecule has 0 saturated carbocycles.